The van der Waals surface area contributed by atoms with Gasteiger partial charge in [-0.3, -0.25) is 0 Å². The van der Waals surface area contributed by atoms with Crippen molar-refractivity contribution in [3.63, 3.8) is 0 Å². The van der Waals surface area contributed by atoms with Crippen molar-refractivity contribution >= 4 is 0 Å². The molecule has 0 radical (unpaired) electrons. The van der Waals surface area contributed by atoms with E-state index in [1.165, 1.54) is 5.56 Å². The highest BCUT2D eigenvalue weighted by molar-refractivity contribution is 5.28. The lowest BCUT2D eigenvalue weighted by molar-refractivity contribution is 0.131. The van der Waals surface area contributed by atoms with E-state index in [9.17, 15) is 0 Å². The zero-order valence-electron chi connectivity index (χ0n) is 11.6. The van der Waals surface area contributed by atoms with Gasteiger partial charge in [0, 0.05) is 26.2 Å². The van der Waals surface area contributed by atoms with Gasteiger partial charge in [-0.15, -0.1) is 0 Å². The molecule has 0 spiro atoms. The second-order valence-corrected chi connectivity index (χ2v) is 4.22. The van der Waals surface area contributed by atoms with Gasteiger partial charge in [0.05, 0.1) is 6.61 Å². The molecule has 0 aromatic heterocycles. The first-order chi connectivity index (χ1) is 8.86. The predicted octanol–water partition coefficient (Wildman–Crippen LogP) is 2.99. The van der Waals surface area contributed by atoms with Gasteiger partial charge in [-0.05, 0) is 37.6 Å². The lowest BCUT2D eigenvalue weighted by atomic mass is 10.2. The number of hydrogen-bond acceptors (Lipinski definition) is 3. The van der Waals surface area contributed by atoms with E-state index >= 15 is 0 Å². The van der Waals surface area contributed by atoms with E-state index in [0.29, 0.717) is 6.61 Å². The van der Waals surface area contributed by atoms with Gasteiger partial charge in [0.1, 0.15) is 5.75 Å². The third kappa shape index (κ3) is 6.62. The normalized spacial score (nSPS) is 10.6. The molecule has 1 rings (SSSR count). The number of ether oxygens (including phenoxy) is 2. The van der Waals surface area contributed by atoms with Gasteiger partial charge in [0.15, 0.2) is 0 Å². The highest BCUT2D eigenvalue weighted by Gasteiger charge is 1.97. The minimum absolute atomic E-state index is 0.714. The lowest BCUT2D eigenvalue weighted by Crippen LogP contribution is -2.13. The molecule has 0 atom stereocenters. The highest BCUT2D eigenvalue weighted by atomic mass is 16.5. The molecule has 1 aromatic carbocycles. The smallest absolute Gasteiger partial charge is 0.119 e. The standard InChI is InChI=1S/C15H25NO2/c1-3-9-16-13-14-7-5-8-15(12-14)18-11-6-10-17-4-2/h5,7-8,12,16H,3-4,6,9-11,13H2,1-2H3. The summed E-state index contributed by atoms with van der Waals surface area (Å²) in [4.78, 5) is 0. The van der Waals surface area contributed by atoms with Crippen LogP contribution in [0.5, 0.6) is 5.75 Å². The van der Waals surface area contributed by atoms with E-state index < -0.39 is 0 Å². The summed E-state index contributed by atoms with van der Waals surface area (Å²) in [6, 6.07) is 8.27. The van der Waals surface area contributed by atoms with E-state index in [0.717, 1.165) is 44.9 Å². The first kappa shape index (κ1) is 15.0. The number of benzene rings is 1. The second-order valence-electron chi connectivity index (χ2n) is 4.22. The Morgan fingerprint density at radius 3 is 2.83 bits per heavy atom. The Morgan fingerprint density at radius 2 is 2.06 bits per heavy atom. The van der Waals surface area contributed by atoms with Crippen LogP contribution < -0.4 is 10.1 Å². The Kier molecular flexibility index (Phi) is 8.26. The van der Waals surface area contributed by atoms with Crippen molar-refractivity contribution in [2.45, 2.75) is 33.2 Å². The van der Waals surface area contributed by atoms with Gasteiger partial charge in [0.25, 0.3) is 0 Å². The number of rotatable bonds is 10. The maximum absolute atomic E-state index is 5.69. The molecule has 3 nitrogen and oxygen atoms in total. The minimum atomic E-state index is 0.714. The molecular weight excluding hydrogens is 226 g/mol. The topological polar surface area (TPSA) is 30.5 Å². The van der Waals surface area contributed by atoms with Crippen molar-refractivity contribution in [3.05, 3.63) is 29.8 Å². The third-order valence-corrected chi connectivity index (χ3v) is 2.56. The van der Waals surface area contributed by atoms with Crippen molar-refractivity contribution in [1.82, 2.24) is 5.32 Å². The third-order valence-electron chi connectivity index (χ3n) is 2.56. The maximum atomic E-state index is 5.69. The van der Waals surface area contributed by atoms with Crippen molar-refractivity contribution < 1.29 is 9.47 Å². The predicted molar refractivity (Wildman–Crippen MR) is 75.0 cm³/mol. The van der Waals surface area contributed by atoms with Crippen LogP contribution in [-0.4, -0.2) is 26.4 Å². The van der Waals surface area contributed by atoms with Crippen LogP contribution in [0.2, 0.25) is 0 Å². The van der Waals surface area contributed by atoms with Crippen LogP contribution in [0.4, 0.5) is 0 Å². The SMILES string of the molecule is CCCNCc1cccc(OCCCOCC)c1. The fourth-order valence-corrected chi connectivity index (χ4v) is 1.65. The van der Waals surface area contributed by atoms with Crippen LogP contribution in [0.3, 0.4) is 0 Å². The van der Waals surface area contributed by atoms with Crippen molar-refractivity contribution in [1.29, 1.82) is 0 Å². The largest absolute Gasteiger partial charge is 0.493 e. The van der Waals surface area contributed by atoms with Crippen molar-refractivity contribution in [2.75, 3.05) is 26.4 Å². The summed E-state index contributed by atoms with van der Waals surface area (Å²) >= 11 is 0. The van der Waals surface area contributed by atoms with Crippen LogP contribution >= 0.6 is 0 Å². The summed E-state index contributed by atoms with van der Waals surface area (Å²) < 4.78 is 11.0. The molecule has 0 unspecified atom stereocenters. The second kappa shape index (κ2) is 9.92. The van der Waals surface area contributed by atoms with E-state index in [2.05, 4.69) is 24.4 Å². The summed E-state index contributed by atoms with van der Waals surface area (Å²) in [7, 11) is 0. The molecule has 0 saturated heterocycles. The summed E-state index contributed by atoms with van der Waals surface area (Å²) in [6.07, 6.45) is 2.10. The summed E-state index contributed by atoms with van der Waals surface area (Å²) in [5, 5.41) is 3.39. The summed E-state index contributed by atoms with van der Waals surface area (Å²) in [5.41, 5.74) is 1.27. The molecule has 1 aromatic rings. The molecule has 0 saturated carbocycles. The molecule has 1 N–H and O–H groups in total. The molecule has 0 amide bonds. The van der Waals surface area contributed by atoms with Gasteiger partial charge >= 0.3 is 0 Å². The van der Waals surface area contributed by atoms with Crippen LogP contribution in [-0.2, 0) is 11.3 Å². The molecule has 0 aliphatic carbocycles. The van der Waals surface area contributed by atoms with E-state index in [1.54, 1.807) is 0 Å². The minimum Gasteiger partial charge on any atom is -0.493 e. The van der Waals surface area contributed by atoms with Crippen molar-refractivity contribution in [2.24, 2.45) is 0 Å². The highest BCUT2D eigenvalue weighted by Crippen LogP contribution is 2.13. The molecule has 0 bridgehead atoms. The Bertz CT molecular complexity index is 315. The Hall–Kier alpha value is -1.06. The molecule has 18 heavy (non-hydrogen) atoms. The molecule has 102 valence electrons. The van der Waals surface area contributed by atoms with E-state index in [-0.39, 0.29) is 0 Å². The fourth-order valence-electron chi connectivity index (χ4n) is 1.65. The van der Waals surface area contributed by atoms with Gasteiger partial charge < -0.3 is 14.8 Å². The summed E-state index contributed by atoms with van der Waals surface area (Å²) in [6.45, 7) is 8.40. The summed E-state index contributed by atoms with van der Waals surface area (Å²) in [5.74, 6) is 0.947. The van der Waals surface area contributed by atoms with Gasteiger partial charge in [0.2, 0.25) is 0 Å². The van der Waals surface area contributed by atoms with E-state index in [1.807, 2.05) is 19.1 Å². The van der Waals surface area contributed by atoms with Gasteiger partial charge in [-0.2, -0.15) is 0 Å². The molecule has 0 fully saturated rings. The quantitative estimate of drug-likeness (QED) is 0.648. The zero-order valence-corrected chi connectivity index (χ0v) is 11.6. The monoisotopic (exact) mass is 251 g/mol. The molecule has 0 heterocycles. The first-order valence-corrected chi connectivity index (χ1v) is 6.87. The lowest BCUT2D eigenvalue weighted by Gasteiger charge is -2.08. The fraction of sp³-hybridized carbons (Fsp3) is 0.600. The van der Waals surface area contributed by atoms with E-state index in [4.69, 9.17) is 9.47 Å². The van der Waals surface area contributed by atoms with Crippen LogP contribution in [0.1, 0.15) is 32.3 Å². The maximum Gasteiger partial charge on any atom is 0.119 e. The Labute approximate surface area is 110 Å². The Balaban J connectivity index is 2.26. The first-order valence-electron chi connectivity index (χ1n) is 6.87. The number of hydrogen-bond donors (Lipinski definition) is 1. The van der Waals surface area contributed by atoms with Crippen LogP contribution in [0.15, 0.2) is 24.3 Å². The number of nitrogens with one attached hydrogen (secondary N) is 1. The Morgan fingerprint density at radius 1 is 1.17 bits per heavy atom. The van der Waals surface area contributed by atoms with Crippen molar-refractivity contribution in [3.8, 4) is 5.75 Å². The average molecular weight is 251 g/mol. The van der Waals surface area contributed by atoms with Crippen LogP contribution in [0, 0.1) is 0 Å². The molecular formula is C15H25NO2. The zero-order chi connectivity index (χ0) is 13.1. The van der Waals surface area contributed by atoms with Crippen LogP contribution in [0.25, 0.3) is 0 Å². The van der Waals surface area contributed by atoms with Gasteiger partial charge in [-0.1, -0.05) is 19.1 Å². The average Bonchev–Trinajstić information content (AvgIpc) is 2.39. The molecule has 3 heteroatoms. The molecule has 0 aliphatic rings. The van der Waals surface area contributed by atoms with Gasteiger partial charge in [-0.25, -0.2) is 0 Å². The molecule has 0 aliphatic heterocycles.